The number of hydrogen-bond acceptors (Lipinski definition) is 6. The zero-order chi connectivity index (χ0) is 17.5. The number of thiophene rings is 1. The van der Waals surface area contributed by atoms with E-state index in [0.717, 1.165) is 17.0 Å². The maximum absolute atomic E-state index is 12.7. The van der Waals surface area contributed by atoms with Crippen LogP contribution in [0.5, 0.6) is 5.75 Å². The summed E-state index contributed by atoms with van der Waals surface area (Å²) in [5.74, 6) is 0.784. The van der Waals surface area contributed by atoms with Crippen LogP contribution in [0.4, 0.5) is 0 Å². The Hall–Kier alpha value is -1.74. The van der Waals surface area contributed by atoms with E-state index in [2.05, 4.69) is 5.16 Å². The number of oxime groups is 1. The molecule has 0 N–H and O–H groups in total. The van der Waals surface area contributed by atoms with Crippen LogP contribution >= 0.6 is 11.3 Å². The van der Waals surface area contributed by atoms with Crippen LogP contribution in [-0.2, 0) is 19.4 Å². The minimum atomic E-state index is -3.45. The molecule has 8 heteroatoms. The lowest BCUT2D eigenvalue weighted by molar-refractivity contribution is -0.00602. The van der Waals surface area contributed by atoms with Crippen LogP contribution in [0.3, 0.4) is 0 Å². The Kier molecular flexibility index (Phi) is 4.15. The molecule has 2 aliphatic rings. The number of sulfonamides is 1. The van der Waals surface area contributed by atoms with Gasteiger partial charge in [-0.2, -0.15) is 0 Å². The average Bonchev–Trinajstić information content (AvgIpc) is 3.37. The van der Waals surface area contributed by atoms with Gasteiger partial charge in [0.15, 0.2) is 16.0 Å². The van der Waals surface area contributed by atoms with Crippen molar-refractivity contribution in [3.8, 4) is 5.75 Å². The molecule has 0 radical (unpaired) electrons. The molecule has 6 nitrogen and oxygen atoms in total. The normalized spacial score (nSPS) is 25.6. The third-order valence-electron chi connectivity index (χ3n) is 4.63. The molecule has 1 spiro atoms. The van der Waals surface area contributed by atoms with Gasteiger partial charge < -0.3 is 14.1 Å². The highest BCUT2D eigenvalue weighted by atomic mass is 32.3. The largest absolute Gasteiger partial charge is 0.592 e. The van der Waals surface area contributed by atoms with Crippen molar-refractivity contribution in [2.24, 2.45) is 5.16 Å². The first-order chi connectivity index (χ1) is 12.0. The summed E-state index contributed by atoms with van der Waals surface area (Å²) in [5.41, 5.74) is 1.26. The quantitative estimate of drug-likeness (QED) is 0.767. The standard InChI is InChI=1S/C17H18N2O4S2/c1-22-14-6-4-13(5-7-14)15-11-17(23-18-15)8-9-19(12-17)25(20,21)16-3-2-10-24-16/h2-7,10H,8-9,11-12H2,1H3. The van der Waals surface area contributed by atoms with Crippen molar-refractivity contribution < 1.29 is 18.3 Å². The molecule has 132 valence electrons. The summed E-state index contributed by atoms with van der Waals surface area (Å²) in [5, 5.41) is 6.01. The monoisotopic (exact) mass is 378 g/mol. The van der Waals surface area contributed by atoms with E-state index in [1.54, 1.807) is 24.6 Å². The highest BCUT2D eigenvalue weighted by Crippen LogP contribution is 2.39. The molecule has 1 fully saturated rings. The molecule has 0 aliphatic carbocycles. The van der Waals surface area contributed by atoms with Gasteiger partial charge in [0.1, 0.15) is 5.75 Å². The summed E-state index contributed by atoms with van der Waals surface area (Å²) < 4.78 is 32.4. The number of nitrogens with zero attached hydrogens (tertiary/aromatic N) is 2. The molecule has 0 bridgehead atoms. The molecule has 1 saturated heterocycles. The summed E-state index contributed by atoms with van der Waals surface area (Å²) in [6, 6.07) is 11.0. The number of benzene rings is 1. The van der Waals surface area contributed by atoms with Crippen molar-refractivity contribution in [3.63, 3.8) is 0 Å². The Morgan fingerprint density at radius 2 is 2.16 bits per heavy atom. The Bertz CT molecular complexity index is 835. The molecule has 1 aromatic heterocycles. The van der Waals surface area contributed by atoms with Crippen molar-refractivity contribution >= 4 is 27.4 Å². The number of ether oxygens (including phenoxy) is 1. The van der Waals surface area contributed by atoms with Crippen molar-refractivity contribution in [1.29, 1.82) is 0 Å². The first-order valence-electron chi connectivity index (χ1n) is 7.96. The number of hydrogen-bond donors (Lipinski definition) is 0. The summed E-state index contributed by atoms with van der Waals surface area (Å²) >= 11 is 1.24. The molecule has 2 aliphatic heterocycles. The lowest BCUT2D eigenvalue weighted by atomic mass is 9.93. The van der Waals surface area contributed by atoms with Gasteiger partial charge in [-0.1, -0.05) is 20.7 Å². The minimum absolute atomic E-state index is 0.330. The molecule has 1 aromatic carbocycles. The highest BCUT2D eigenvalue weighted by molar-refractivity contribution is 7.97. The van der Waals surface area contributed by atoms with Crippen LogP contribution in [0.15, 0.2) is 51.1 Å². The van der Waals surface area contributed by atoms with Crippen molar-refractivity contribution in [2.75, 3.05) is 20.2 Å². The Balaban J connectivity index is 1.48. The Labute approximate surface area is 151 Å². The zero-order valence-corrected chi connectivity index (χ0v) is 15.3. The maximum atomic E-state index is 12.7. The fourth-order valence-corrected chi connectivity index (χ4v) is 5.89. The lowest BCUT2D eigenvalue weighted by Crippen LogP contribution is -2.39. The fraction of sp³-hybridized carbons (Fsp3) is 0.353. The third kappa shape index (κ3) is 2.99. The maximum Gasteiger partial charge on any atom is 0.229 e. The molecule has 0 saturated carbocycles. The predicted molar refractivity (Wildman–Crippen MR) is 95.6 cm³/mol. The van der Waals surface area contributed by atoms with Gasteiger partial charge in [0, 0.05) is 25.5 Å². The predicted octanol–water partition coefficient (Wildman–Crippen LogP) is 2.93. The topological polar surface area (TPSA) is 74.2 Å². The number of rotatable bonds is 4. The second-order valence-electron chi connectivity index (χ2n) is 6.24. The molecule has 2 aromatic rings. The lowest BCUT2D eigenvalue weighted by Gasteiger charge is -2.24. The van der Waals surface area contributed by atoms with Gasteiger partial charge in [0.05, 0.1) is 19.4 Å². The van der Waals surface area contributed by atoms with Gasteiger partial charge >= 0.3 is 0 Å². The van der Waals surface area contributed by atoms with Gasteiger partial charge in [-0.15, -0.1) is 4.31 Å². The van der Waals surface area contributed by atoms with E-state index in [4.69, 9.17) is 9.57 Å². The van der Waals surface area contributed by atoms with Crippen molar-refractivity contribution in [2.45, 2.75) is 22.7 Å². The van der Waals surface area contributed by atoms with Gasteiger partial charge in [-0.3, -0.25) is 0 Å². The Morgan fingerprint density at radius 1 is 1.36 bits per heavy atom. The molecule has 25 heavy (non-hydrogen) atoms. The fourth-order valence-electron chi connectivity index (χ4n) is 3.23. The van der Waals surface area contributed by atoms with E-state index in [-0.39, 0.29) is 0 Å². The zero-order valence-electron chi connectivity index (χ0n) is 13.7. The summed E-state index contributed by atoms with van der Waals surface area (Å²) in [6.07, 6.45) is 1.25. The van der Waals surface area contributed by atoms with Crippen LogP contribution < -0.4 is 4.74 Å². The molecule has 0 amide bonds. The van der Waals surface area contributed by atoms with E-state index < -0.39 is 16.0 Å². The van der Waals surface area contributed by atoms with Crippen LogP contribution in [0, 0.1) is 0 Å². The molecule has 3 heterocycles. The smallest absolute Gasteiger partial charge is 0.229 e. The van der Waals surface area contributed by atoms with Crippen molar-refractivity contribution in [1.82, 2.24) is 4.31 Å². The van der Waals surface area contributed by atoms with Crippen LogP contribution in [0.1, 0.15) is 18.4 Å². The summed E-state index contributed by atoms with van der Waals surface area (Å²) in [6.45, 7) is 0.780. The molecule has 2 unspecified atom stereocenters. The molecular weight excluding hydrogens is 360 g/mol. The highest BCUT2D eigenvalue weighted by Gasteiger charge is 2.51. The number of methoxy groups -OCH3 is 1. The van der Waals surface area contributed by atoms with Gasteiger partial charge in [-0.25, -0.2) is 0 Å². The van der Waals surface area contributed by atoms with Crippen LogP contribution in [-0.4, -0.2) is 40.4 Å². The van der Waals surface area contributed by atoms with Gasteiger partial charge in [0.25, 0.3) is 0 Å². The Morgan fingerprint density at radius 3 is 2.84 bits per heavy atom. The van der Waals surface area contributed by atoms with E-state index in [9.17, 15) is 8.76 Å². The molecular formula is C17H18N2O4S2. The first kappa shape index (κ1) is 16.7. The molecule has 2 atom stereocenters. The SMILES string of the molecule is COc1ccc(C2=NOC3(CCN([S+](=O)([O-])c4cccs4)C3)C2)cc1. The van der Waals surface area contributed by atoms with Crippen molar-refractivity contribution in [3.05, 3.63) is 47.3 Å². The molecule has 4 rings (SSSR count). The summed E-state index contributed by atoms with van der Waals surface area (Å²) in [7, 11) is -1.82. The van der Waals surface area contributed by atoms with E-state index in [1.807, 2.05) is 24.3 Å². The third-order valence-corrected chi connectivity index (χ3v) is 7.85. The van der Waals surface area contributed by atoms with Crippen LogP contribution in [0.25, 0.3) is 0 Å². The van der Waals surface area contributed by atoms with Crippen LogP contribution in [0.2, 0.25) is 0 Å². The van der Waals surface area contributed by atoms with E-state index in [0.29, 0.717) is 30.1 Å². The summed E-state index contributed by atoms with van der Waals surface area (Å²) in [4.78, 5) is 5.72. The average molecular weight is 378 g/mol. The van der Waals surface area contributed by atoms with Gasteiger partial charge in [0.2, 0.25) is 4.21 Å². The first-order valence-corrected chi connectivity index (χ1v) is 10.3. The second kappa shape index (κ2) is 6.21. The van der Waals surface area contributed by atoms with E-state index >= 15 is 0 Å². The van der Waals surface area contributed by atoms with E-state index in [1.165, 1.54) is 15.6 Å². The second-order valence-corrected chi connectivity index (χ2v) is 9.35. The minimum Gasteiger partial charge on any atom is -0.592 e. The van der Waals surface area contributed by atoms with Gasteiger partial charge in [-0.05, 0) is 41.3 Å².